The smallest absolute Gasteiger partial charge is 0.243 e. The Labute approximate surface area is 166 Å². The molecule has 1 heterocycles. The minimum absolute atomic E-state index is 0.110. The molecule has 7 nitrogen and oxygen atoms in total. The Morgan fingerprint density at radius 1 is 0.786 bits per heavy atom. The Bertz CT molecular complexity index is 1060. The lowest BCUT2D eigenvalue weighted by Crippen LogP contribution is -2.50. The summed E-state index contributed by atoms with van der Waals surface area (Å²) in [5.74, 6) is 0.573. The molecule has 0 unspecified atom stereocenters. The monoisotopic (exact) mass is 424 g/mol. The van der Waals surface area contributed by atoms with E-state index in [-0.39, 0.29) is 36.0 Å². The van der Waals surface area contributed by atoms with Crippen molar-refractivity contribution in [2.24, 2.45) is 0 Å². The molecule has 0 amide bonds. The summed E-state index contributed by atoms with van der Waals surface area (Å²) in [5, 5.41) is 0. The quantitative estimate of drug-likeness (QED) is 0.733. The first-order valence-electron chi connectivity index (χ1n) is 8.88. The third kappa shape index (κ3) is 3.93. The van der Waals surface area contributed by atoms with Crippen LogP contribution >= 0.6 is 0 Å². The summed E-state index contributed by atoms with van der Waals surface area (Å²) in [7, 11) is -5.82. The predicted octanol–water partition coefficient (Wildman–Crippen LogP) is 2.01. The van der Waals surface area contributed by atoms with Gasteiger partial charge < -0.3 is 4.74 Å². The van der Waals surface area contributed by atoms with E-state index in [1.165, 1.54) is 27.9 Å². The molecule has 0 atom stereocenters. The van der Waals surface area contributed by atoms with E-state index >= 15 is 0 Å². The van der Waals surface area contributed by atoms with E-state index in [1.807, 2.05) is 13.0 Å². The molecule has 0 spiro atoms. The van der Waals surface area contributed by atoms with Crippen molar-refractivity contribution in [2.45, 2.75) is 23.6 Å². The number of benzene rings is 2. The van der Waals surface area contributed by atoms with E-state index in [0.29, 0.717) is 11.3 Å². The van der Waals surface area contributed by atoms with Crippen LogP contribution in [0.4, 0.5) is 0 Å². The Morgan fingerprint density at radius 3 is 1.82 bits per heavy atom. The summed E-state index contributed by atoms with van der Waals surface area (Å²) in [6, 6.07) is 11.4. The summed E-state index contributed by atoms with van der Waals surface area (Å²) in [6.45, 7) is 4.13. The fourth-order valence-electron chi connectivity index (χ4n) is 3.28. The van der Waals surface area contributed by atoms with E-state index in [2.05, 4.69) is 0 Å². The first-order chi connectivity index (χ1) is 13.2. The van der Waals surface area contributed by atoms with Crippen LogP contribution in [0.5, 0.6) is 5.75 Å². The zero-order chi connectivity index (χ0) is 20.5. The molecule has 28 heavy (non-hydrogen) atoms. The molecule has 1 aliphatic rings. The van der Waals surface area contributed by atoms with Crippen molar-refractivity contribution in [2.75, 3.05) is 33.3 Å². The predicted molar refractivity (Wildman–Crippen MR) is 106 cm³/mol. The minimum atomic E-state index is -3.68. The normalized spacial score (nSPS) is 16.8. The fourth-order valence-corrected chi connectivity index (χ4v) is 6.33. The van der Waals surface area contributed by atoms with Gasteiger partial charge in [-0.3, -0.25) is 0 Å². The van der Waals surface area contributed by atoms with Gasteiger partial charge in [-0.1, -0.05) is 17.7 Å². The number of piperazine rings is 1. The van der Waals surface area contributed by atoms with Crippen molar-refractivity contribution in [3.05, 3.63) is 53.6 Å². The van der Waals surface area contributed by atoms with E-state index in [9.17, 15) is 16.8 Å². The number of hydrogen-bond donors (Lipinski definition) is 0. The zero-order valence-corrected chi connectivity index (χ0v) is 17.8. The van der Waals surface area contributed by atoms with Gasteiger partial charge in [0.1, 0.15) is 5.75 Å². The van der Waals surface area contributed by atoms with Crippen LogP contribution in [0.25, 0.3) is 0 Å². The second-order valence-electron chi connectivity index (χ2n) is 6.75. The summed E-state index contributed by atoms with van der Waals surface area (Å²) < 4.78 is 59.3. The van der Waals surface area contributed by atoms with Gasteiger partial charge in [0, 0.05) is 26.2 Å². The van der Waals surface area contributed by atoms with Crippen molar-refractivity contribution in [3.63, 3.8) is 0 Å². The zero-order valence-electron chi connectivity index (χ0n) is 16.1. The SMILES string of the molecule is COc1ccc(S(=O)(=O)N2CCN(S(=O)(=O)c3ccc(C)cc3C)CC2)cc1. The van der Waals surface area contributed by atoms with E-state index in [0.717, 1.165) is 5.56 Å². The van der Waals surface area contributed by atoms with Gasteiger partial charge in [0.25, 0.3) is 0 Å². The van der Waals surface area contributed by atoms with Crippen molar-refractivity contribution in [1.29, 1.82) is 0 Å². The number of methoxy groups -OCH3 is 1. The molecule has 1 aliphatic heterocycles. The Kier molecular flexibility index (Phi) is 5.81. The van der Waals surface area contributed by atoms with Crippen molar-refractivity contribution >= 4 is 20.0 Å². The van der Waals surface area contributed by atoms with Gasteiger partial charge in [-0.15, -0.1) is 0 Å². The van der Waals surface area contributed by atoms with Gasteiger partial charge in [0.05, 0.1) is 16.9 Å². The molecule has 0 aromatic heterocycles. The third-order valence-electron chi connectivity index (χ3n) is 4.84. The molecule has 2 aromatic rings. The van der Waals surface area contributed by atoms with Crippen molar-refractivity contribution in [1.82, 2.24) is 8.61 Å². The van der Waals surface area contributed by atoms with Gasteiger partial charge in [0.2, 0.25) is 20.0 Å². The first-order valence-corrected chi connectivity index (χ1v) is 11.8. The summed E-state index contributed by atoms with van der Waals surface area (Å²) in [6.07, 6.45) is 0. The van der Waals surface area contributed by atoms with Crippen LogP contribution in [0.3, 0.4) is 0 Å². The highest BCUT2D eigenvalue weighted by molar-refractivity contribution is 7.89. The molecule has 9 heteroatoms. The van der Waals surface area contributed by atoms with Gasteiger partial charge in [-0.05, 0) is 49.7 Å². The Morgan fingerprint density at radius 2 is 1.32 bits per heavy atom. The summed E-state index contributed by atoms with van der Waals surface area (Å²) in [5.41, 5.74) is 1.68. The highest BCUT2D eigenvalue weighted by atomic mass is 32.2. The van der Waals surface area contributed by atoms with Crippen molar-refractivity contribution in [3.8, 4) is 5.75 Å². The number of aryl methyl sites for hydroxylation is 2. The molecule has 0 bridgehead atoms. The molecule has 0 saturated carbocycles. The van der Waals surface area contributed by atoms with E-state index in [4.69, 9.17) is 4.74 Å². The average molecular weight is 425 g/mol. The second-order valence-corrected chi connectivity index (χ2v) is 10.6. The second kappa shape index (κ2) is 7.82. The van der Waals surface area contributed by atoms with Crippen LogP contribution < -0.4 is 4.74 Å². The Balaban J connectivity index is 1.76. The number of sulfonamides is 2. The van der Waals surface area contributed by atoms with Gasteiger partial charge >= 0.3 is 0 Å². The summed E-state index contributed by atoms with van der Waals surface area (Å²) >= 11 is 0. The largest absolute Gasteiger partial charge is 0.497 e. The Hall–Kier alpha value is -1.94. The number of hydrogen-bond acceptors (Lipinski definition) is 5. The molecular formula is C19H24N2O5S2. The lowest BCUT2D eigenvalue weighted by Gasteiger charge is -2.33. The van der Waals surface area contributed by atoms with Crippen LogP contribution in [0.1, 0.15) is 11.1 Å². The molecule has 1 saturated heterocycles. The molecule has 0 aliphatic carbocycles. The van der Waals surface area contributed by atoms with Crippen LogP contribution in [0.15, 0.2) is 52.3 Å². The molecule has 2 aromatic carbocycles. The number of ether oxygens (including phenoxy) is 1. The van der Waals surface area contributed by atoms with Gasteiger partial charge in [-0.25, -0.2) is 16.8 Å². The number of nitrogens with zero attached hydrogens (tertiary/aromatic N) is 2. The molecule has 3 rings (SSSR count). The maximum absolute atomic E-state index is 13.0. The first kappa shape index (κ1) is 20.8. The molecule has 0 radical (unpaired) electrons. The van der Waals surface area contributed by atoms with Crippen LogP contribution in [-0.4, -0.2) is 58.7 Å². The lowest BCUT2D eigenvalue weighted by molar-refractivity contribution is 0.272. The topological polar surface area (TPSA) is 84.0 Å². The summed E-state index contributed by atoms with van der Waals surface area (Å²) in [4.78, 5) is 0.434. The third-order valence-corrected chi connectivity index (χ3v) is 8.81. The maximum atomic E-state index is 13.0. The van der Waals surface area contributed by atoms with Crippen LogP contribution in [0, 0.1) is 13.8 Å². The van der Waals surface area contributed by atoms with Crippen molar-refractivity contribution < 1.29 is 21.6 Å². The lowest BCUT2D eigenvalue weighted by atomic mass is 10.2. The molecule has 152 valence electrons. The molecule has 1 fully saturated rings. The number of rotatable bonds is 5. The van der Waals surface area contributed by atoms with Gasteiger partial charge in [-0.2, -0.15) is 8.61 Å². The highest BCUT2D eigenvalue weighted by Crippen LogP contribution is 2.25. The highest BCUT2D eigenvalue weighted by Gasteiger charge is 2.34. The minimum Gasteiger partial charge on any atom is -0.497 e. The fraction of sp³-hybridized carbons (Fsp3) is 0.368. The van der Waals surface area contributed by atoms with Crippen LogP contribution in [-0.2, 0) is 20.0 Å². The average Bonchev–Trinajstić information content (AvgIpc) is 2.68. The van der Waals surface area contributed by atoms with Crippen LogP contribution in [0.2, 0.25) is 0 Å². The van der Waals surface area contributed by atoms with Gasteiger partial charge in [0.15, 0.2) is 0 Å². The van der Waals surface area contributed by atoms with E-state index in [1.54, 1.807) is 31.2 Å². The standard InChI is InChI=1S/C19H24N2O5S2/c1-15-4-9-19(16(2)14-15)28(24,25)21-12-10-20(11-13-21)27(22,23)18-7-5-17(26-3)6-8-18/h4-9,14H,10-13H2,1-3H3. The maximum Gasteiger partial charge on any atom is 0.243 e. The van der Waals surface area contributed by atoms with E-state index < -0.39 is 20.0 Å². The molecular weight excluding hydrogens is 400 g/mol. The molecule has 0 N–H and O–H groups in total.